The average Bonchev–Trinajstić information content (AvgIpc) is 3.14. The van der Waals surface area contributed by atoms with E-state index in [9.17, 15) is 9.90 Å². The monoisotopic (exact) mass is 392 g/mol. The van der Waals surface area contributed by atoms with Crippen LogP contribution in [0.4, 0.5) is 0 Å². The Morgan fingerprint density at radius 3 is 2.41 bits per heavy atom. The lowest BCUT2D eigenvalue weighted by molar-refractivity contribution is 0.146. The Hall–Kier alpha value is -2.05. The van der Waals surface area contributed by atoms with Crippen molar-refractivity contribution in [2.75, 3.05) is 6.61 Å². The van der Waals surface area contributed by atoms with Crippen molar-refractivity contribution in [3.63, 3.8) is 0 Å². The standard InChI is InChI=1S/C20H28N4O2.ClH/c1-14-9-16-17(23(5)19(26)22(16)4)10-15(14)18-11-21-13-24(18)8-6-7-20(2,3)12-25;/h9-11,13,25H,6-8,12H2,1-5H3;1H. The van der Waals surface area contributed by atoms with E-state index in [-0.39, 0.29) is 30.1 Å². The first-order valence-corrected chi connectivity index (χ1v) is 9.02. The van der Waals surface area contributed by atoms with Gasteiger partial charge >= 0.3 is 5.69 Å². The normalized spacial score (nSPS) is 11.8. The van der Waals surface area contributed by atoms with Gasteiger partial charge in [0.15, 0.2) is 0 Å². The third-order valence-electron chi connectivity index (χ3n) is 5.29. The van der Waals surface area contributed by atoms with Gasteiger partial charge in [0.1, 0.15) is 0 Å². The van der Waals surface area contributed by atoms with Crippen molar-refractivity contribution in [3.8, 4) is 11.3 Å². The highest BCUT2D eigenvalue weighted by molar-refractivity contribution is 5.85. The molecule has 1 aromatic carbocycles. The molecule has 0 unspecified atom stereocenters. The van der Waals surface area contributed by atoms with Gasteiger partial charge in [0.2, 0.25) is 0 Å². The maximum absolute atomic E-state index is 12.2. The Morgan fingerprint density at radius 2 is 1.78 bits per heavy atom. The Kier molecular flexibility index (Phi) is 6.22. The molecule has 0 spiro atoms. The molecule has 0 saturated carbocycles. The molecule has 0 radical (unpaired) electrons. The maximum Gasteiger partial charge on any atom is 0.328 e. The van der Waals surface area contributed by atoms with Crippen molar-refractivity contribution in [3.05, 3.63) is 40.7 Å². The van der Waals surface area contributed by atoms with E-state index in [4.69, 9.17) is 0 Å². The molecule has 1 N–H and O–H groups in total. The number of aliphatic hydroxyl groups excluding tert-OH is 1. The minimum atomic E-state index is -0.0576. The Bertz CT molecular complexity index is 997. The second-order valence-corrected chi connectivity index (χ2v) is 7.95. The van der Waals surface area contributed by atoms with Crippen LogP contribution in [0.3, 0.4) is 0 Å². The van der Waals surface area contributed by atoms with Crippen LogP contribution in [0.15, 0.2) is 29.5 Å². The summed E-state index contributed by atoms with van der Waals surface area (Å²) in [5, 5.41) is 9.42. The van der Waals surface area contributed by atoms with Gasteiger partial charge in [0, 0.05) is 32.8 Å². The van der Waals surface area contributed by atoms with Gasteiger partial charge in [-0.25, -0.2) is 9.78 Å². The number of aryl methyl sites for hydroxylation is 4. The first kappa shape index (κ1) is 21.3. The summed E-state index contributed by atoms with van der Waals surface area (Å²) in [4.78, 5) is 16.6. The molecule has 2 aromatic heterocycles. The number of hydrogen-bond acceptors (Lipinski definition) is 3. The molecule has 0 amide bonds. The number of hydrogen-bond donors (Lipinski definition) is 1. The highest BCUT2D eigenvalue weighted by atomic mass is 35.5. The minimum Gasteiger partial charge on any atom is -0.396 e. The summed E-state index contributed by atoms with van der Waals surface area (Å²) < 4.78 is 5.52. The van der Waals surface area contributed by atoms with E-state index in [1.807, 2.05) is 12.5 Å². The van der Waals surface area contributed by atoms with Crippen molar-refractivity contribution in [2.45, 2.75) is 40.2 Å². The van der Waals surface area contributed by atoms with Crippen molar-refractivity contribution in [1.82, 2.24) is 18.7 Å². The first-order valence-electron chi connectivity index (χ1n) is 9.02. The third-order valence-corrected chi connectivity index (χ3v) is 5.29. The van der Waals surface area contributed by atoms with E-state index in [1.165, 1.54) is 0 Å². The van der Waals surface area contributed by atoms with Crippen LogP contribution in [0.5, 0.6) is 0 Å². The SMILES string of the molecule is Cc1cc2c(cc1-c1cncn1CCCC(C)(C)CO)n(C)c(=O)n2C.Cl. The molecule has 0 aliphatic carbocycles. The van der Waals surface area contributed by atoms with Gasteiger partial charge in [0.05, 0.1) is 29.3 Å². The van der Waals surface area contributed by atoms with Crippen molar-refractivity contribution >= 4 is 23.4 Å². The van der Waals surface area contributed by atoms with Crippen LogP contribution in [-0.2, 0) is 20.6 Å². The molecule has 0 bridgehead atoms. The highest BCUT2D eigenvalue weighted by Gasteiger charge is 2.17. The Morgan fingerprint density at radius 1 is 1.15 bits per heavy atom. The molecule has 3 rings (SSSR count). The van der Waals surface area contributed by atoms with Gasteiger partial charge in [-0.05, 0) is 42.9 Å². The van der Waals surface area contributed by atoms with E-state index in [2.05, 4.69) is 42.5 Å². The van der Waals surface area contributed by atoms with E-state index < -0.39 is 0 Å². The smallest absolute Gasteiger partial charge is 0.328 e. The number of benzene rings is 1. The van der Waals surface area contributed by atoms with Crippen LogP contribution in [0.2, 0.25) is 0 Å². The summed E-state index contributed by atoms with van der Waals surface area (Å²) in [6.45, 7) is 7.27. The summed E-state index contributed by atoms with van der Waals surface area (Å²) >= 11 is 0. The molecule has 3 aromatic rings. The van der Waals surface area contributed by atoms with Crippen LogP contribution in [0.1, 0.15) is 32.3 Å². The lowest BCUT2D eigenvalue weighted by atomic mass is 9.89. The Labute approximate surface area is 165 Å². The van der Waals surface area contributed by atoms with Crippen molar-refractivity contribution in [2.24, 2.45) is 19.5 Å². The molecule has 0 atom stereocenters. The number of fused-ring (bicyclic) bond motifs is 1. The lowest BCUT2D eigenvalue weighted by Gasteiger charge is -2.21. The van der Waals surface area contributed by atoms with Crippen LogP contribution in [-0.4, -0.2) is 30.4 Å². The van der Waals surface area contributed by atoms with Crippen LogP contribution in [0.25, 0.3) is 22.3 Å². The molecule has 2 heterocycles. The topological polar surface area (TPSA) is 65.0 Å². The molecule has 0 fully saturated rings. The number of nitrogens with zero attached hydrogens (tertiary/aromatic N) is 4. The van der Waals surface area contributed by atoms with E-state index in [0.717, 1.165) is 47.2 Å². The average molecular weight is 393 g/mol. The summed E-state index contributed by atoms with van der Waals surface area (Å²) in [7, 11) is 3.61. The summed E-state index contributed by atoms with van der Waals surface area (Å²) in [6.07, 6.45) is 5.66. The predicted octanol–water partition coefficient (Wildman–Crippen LogP) is 3.27. The van der Waals surface area contributed by atoms with Crippen LogP contribution < -0.4 is 5.69 Å². The molecule has 0 aliphatic rings. The summed E-state index contributed by atoms with van der Waals surface area (Å²) in [5.74, 6) is 0. The first-order chi connectivity index (χ1) is 12.2. The predicted molar refractivity (Wildman–Crippen MR) is 111 cm³/mol. The molecule has 27 heavy (non-hydrogen) atoms. The molecule has 0 saturated heterocycles. The number of rotatable bonds is 6. The number of imidazole rings is 2. The zero-order valence-corrected chi connectivity index (χ0v) is 17.5. The zero-order chi connectivity index (χ0) is 19.1. The van der Waals surface area contributed by atoms with Crippen molar-refractivity contribution in [1.29, 1.82) is 0 Å². The van der Waals surface area contributed by atoms with Crippen molar-refractivity contribution < 1.29 is 5.11 Å². The van der Waals surface area contributed by atoms with Gasteiger partial charge in [-0.3, -0.25) is 9.13 Å². The van der Waals surface area contributed by atoms with E-state index >= 15 is 0 Å². The Balaban J connectivity index is 0.00000261. The number of halogens is 1. The van der Waals surface area contributed by atoms with Gasteiger partial charge in [-0.2, -0.15) is 0 Å². The fourth-order valence-electron chi connectivity index (χ4n) is 3.46. The minimum absolute atomic E-state index is 0. The van der Waals surface area contributed by atoms with Crippen LogP contribution in [0, 0.1) is 12.3 Å². The second kappa shape index (κ2) is 7.90. The zero-order valence-electron chi connectivity index (χ0n) is 16.7. The van der Waals surface area contributed by atoms with Gasteiger partial charge in [0.25, 0.3) is 0 Å². The molecule has 7 heteroatoms. The molecule has 0 aliphatic heterocycles. The lowest BCUT2D eigenvalue weighted by Crippen LogP contribution is -2.19. The maximum atomic E-state index is 12.2. The third kappa shape index (κ3) is 3.96. The van der Waals surface area contributed by atoms with Gasteiger partial charge in [-0.15, -0.1) is 12.4 Å². The molecular formula is C20H29ClN4O2. The quantitative estimate of drug-likeness (QED) is 0.700. The summed E-state index contributed by atoms with van der Waals surface area (Å²) in [6, 6.07) is 4.15. The van der Waals surface area contributed by atoms with Gasteiger partial charge < -0.3 is 9.67 Å². The fourth-order valence-corrected chi connectivity index (χ4v) is 3.46. The van der Waals surface area contributed by atoms with E-state index in [1.54, 1.807) is 23.2 Å². The number of aliphatic hydroxyl groups is 1. The fraction of sp³-hybridized carbons (Fsp3) is 0.500. The highest BCUT2D eigenvalue weighted by Crippen LogP contribution is 2.29. The van der Waals surface area contributed by atoms with Gasteiger partial charge in [-0.1, -0.05) is 13.8 Å². The van der Waals surface area contributed by atoms with Crippen LogP contribution >= 0.6 is 12.4 Å². The molecule has 6 nitrogen and oxygen atoms in total. The second-order valence-electron chi connectivity index (χ2n) is 7.95. The summed E-state index contributed by atoms with van der Waals surface area (Å²) in [5.41, 5.74) is 5.06. The number of aromatic nitrogens is 4. The largest absolute Gasteiger partial charge is 0.396 e. The molecular weight excluding hydrogens is 364 g/mol. The van der Waals surface area contributed by atoms with E-state index in [0.29, 0.717) is 0 Å². The molecule has 148 valence electrons.